The summed E-state index contributed by atoms with van der Waals surface area (Å²) < 4.78 is 137. The number of unbranched alkanes of at least 4 members (excludes halogenated alkanes) is 7. The molecule has 37 heteroatoms. The lowest BCUT2D eigenvalue weighted by atomic mass is 9.81. The summed E-state index contributed by atoms with van der Waals surface area (Å²) in [6.07, 6.45) is 14.8. The van der Waals surface area contributed by atoms with Crippen LogP contribution in [0.2, 0.25) is 0 Å². The minimum Gasteiger partial charge on any atom is -0.748 e. The van der Waals surface area contributed by atoms with Crippen LogP contribution in [0.15, 0.2) is 124 Å². The lowest BCUT2D eigenvalue weighted by Crippen LogP contribution is -2.46. The molecule has 3 atom stereocenters. The van der Waals surface area contributed by atoms with Crippen molar-refractivity contribution in [2.75, 3.05) is 42.6 Å². The molecule has 610 valence electrons. The molecule has 0 fully saturated rings. The number of anilines is 1. The number of aliphatic carboxylic acids is 3. The number of ketones is 2. The molecule has 0 aromatic heterocycles. The Kier molecular flexibility index (Phi) is 38.0. The number of Topliss-reactive ketones (excluding diaryl/α,β-unsaturated/α-hetero) is 2. The number of rotatable bonds is 45. The second-order valence-electron chi connectivity index (χ2n) is 27.9. The van der Waals surface area contributed by atoms with Gasteiger partial charge >= 0.3 is 40.7 Å². The van der Waals surface area contributed by atoms with Crippen molar-refractivity contribution in [3.05, 3.63) is 130 Å². The number of carboxylic acids is 3. The van der Waals surface area contributed by atoms with Gasteiger partial charge in [-0.05, 0) is 162 Å². The standard InChI is InChI=1S/C73H100N8O20S3.CO2.O3S/c1-72(2)56-23-11-12-25-60(56)80(42-13-15-44-102(92,93)94)63(72)38-30-50-20-17-21-51(31-39-64-73(3,4)57-48-55(104(98,99)100)35-37-61(57)81(64)43-14-16-45-103(95,96)97)67(50)101-54-33-28-49(29-34-54)46-52(68(87)88)47-62(83)58(24-18-40-76-70(74)75)78-65(84)26-10-8-6-5-7-9-22-53(82)32-36-59(69(89)90)79-71(91)77-41-19-27-66(85)86;2-1-3;1-4(2)3/h11-12,23,25,28-31,33-35,37-39,48,52,58-59H,5-10,13-22,24,26-27,32,36,40-47H2,1-4H3,(H12-,74,75,76,77,78,79,84,85,86,87,88,89,90,91,92,93,94,95,96,97,98,99,100);;/t52-,58+,59+;;/m1../s1. The van der Waals surface area contributed by atoms with Crippen molar-refractivity contribution in [2.24, 2.45) is 22.4 Å². The number of nitrogens with zero attached hydrogens (tertiary/aromatic N) is 3. The Morgan fingerprint density at radius 2 is 1.35 bits per heavy atom. The van der Waals surface area contributed by atoms with Crippen molar-refractivity contribution in [1.82, 2.24) is 16.0 Å². The number of hydrogen-bond acceptors (Lipinski definition) is 22. The van der Waals surface area contributed by atoms with Gasteiger partial charge in [0.25, 0.3) is 20.2 Å². The van der Waals surface area contributed by atoms with Crippen LogP contribution in [-0.2, 0) is 96.6 Å². The van der Waals surface area contributed by atoms with E-state index in [1.807, 2.05) is 67.3 Å². The molecular weight excluding hydrogens is 1530 g/mol. The van der Waals surface area contributed by atoms with Gasteiger partial charge in [0, 0.05) is 98.4 Å². The Morgan fingerprint density at radius 3 is 1.96 bits per heavy atom. The molecule has 0 saturated carbocycles. The van der Waals surface area contributed by atoms with E-state index in [4.69, 9.17) is 43.5 Å². The number of amides is 3. The zero-order valence-corrected chi connectivity index (χ0v) is 65.7. The van der Waals surface area contributed by atoms with E-state index in [1.165, 1.54) is 12.1 Å². The summed E-state index contributed by atoms with van der Waals surface area (Å²) in [5.74, 6) is -6.08. The molecule has 33 nitrogen and oxygen atoms in total. The number of allylic oxidation sites excluding steroid dienone is 7. The molecule has 0 spiro atoms. The van der Waals surface area contributed by atoms with Gasteiger partial charge < -0.3 is 56.9 Å². The fourth-order valence-electron chi connectivity index (χ4n) is 13.2. The Labute approximate surface area is 647 Å². The molecule has 111 heavy (non-hydrogen) atoms. The van der Waals surface area contributed by atoms with Crippen LogP contribution in [0, 0.1) is 5.92 Å². The van der Waals surface area contributed by atoms with Gasteiger partial charge in [-0.15, -0.1) is 12.6 Å². The van der Waals surface area contributed by atoms with Crippen LogP contribution < -0.4 is 37.1 Å². The Morgan fingerprint density at radius 1 is 0.712 bits per heavy atom. The number of carbonyl (C=O) groups excluding carboxylic acids is 6. The van der Waals surface area contributed by atoms with E-state index in [2.05, 4.69) is 39.4 Å². The molecule has 3 aromatic carbocycles. The number of guanidine groups is 1. The monoisotopic (exact) mass is 1630 g/mol. The minimum atomic E-state index is -4.61. The van der Waals surface area contributed by atoms with Gasteiger partial charge in [0.1, 0.15) is 29.9 Å². The van der Waals surface area contributed by atoms with Crippen molar-refractivity contribution >= 4 is 112 Å². The Hall–Kier alpha value is -9.62. The summed E-state index contributed by atoms with van der Waals surface area (Å²) in [5.41, 5.74) is 16.7. The molecule has 2 heterocycles. The van der Waals surface area contributed by atoms with Gasteiger partial charge in [0.2, 0.25) is 11.6 Å². The smallest absolute Gasteiger partial charge is 0.425 e. The largest absolute Gasteiger partial charge is 0.748 e. The summed E-state index contributed by atoms with van der Waals surface area (Å²) in [4.78, 5) is 109. The van der Waals surface area contributed by atoms with Crippen molar-refractivity contribution in [3.63, 3.8) is 0 Å². The Bertz CT molecular complexity index is 4500. The maximum absolute atomic E-state index is 14.1. The highest BCUT2D eigenvalue weighted by atomic mass is 32.2. The maximum atomic E-state index is 14.1. The SMILES string of the molecule is CC1(C)C(/C=C/C2=C(Oc3ccc(C[C@H](CC(=O)[C@H](CCCN=C(N)N)NC(=O)CCCCCCCCC(=O)CC[C@H](NC(=O)NCCCC(=O)O)C(=O)O)C(=O)O)cc3)C(=C/C=C3/N(CCCCS(=O)(=O)O)c4ccc(S(=O)(=O)O)cc4C3(C)C)/CCC2)=[N+](CCCCS(=O)(=O)[O-])c2ccccc21.O=C=O.O=S(=O)=O. The van der Waals surface area contributed by atoms with Gasteiger partial charge in [0.15, 0.2) is 17.5 Å². The molecule has 6 rings (SSSR count). The average molecular weight is 1630 g/mol. The molecule has 3 aromatic rings. The van der Waals surface area contributed by atoms with E-state index in [-0.39, 0.29) is 107 Å². The fraction of sp³-hybridized carbons (Fsp3) is 0.514. The van der Waals surface area contributed by atoms with Gasteiger partial charge in [-0.2, -0.15) is 31.0 Å². The highest BCUT2D eigenvalue weighted by Crippen LogP contribution is 2.49. The van der Waals surface area contributed by atoms with Crippen molar-refractivity contribution < 1.29 is 119 Å². The minimum absolute atomic E-state index is 0.0373. The molecular formula is C74H100N8O25S4. The van der Waals surface area contributed by atoms with Gasteiger partial charge in [-0.25, -0.2) is 18.0 Å². The number of carboxylic acid groups (broad SMARTS) is 3. The van der Waals surface area contributed by atoms with Crippen LogP contribution >= 0.6 is 0 Å². The van der Waals surface area contributed by atoms with Crippen molar-refractivity contribution in [1.29, 1.82) is 0 Å². The van der Waals surface area contributed by atoms with E-state index in [1.54, 1.807) is 30.3 Å². The predicted octanol–water partition coefficient (Wildman–Crippen LogP) is 7.22. The van der Waals surface area contributed by atoms with E-state index < -0.39 is 123 Å². The van der Waals surface area contributed by atoms with Crippen molar-refractivity contribution in [2.45, 2.75) is 203 Å². The van der Waals surface area contributed by atoms with Gasteiger partial charge in [-0.3, -0.25) is 38.1 Å². The first-order chi connectivity index (χ1) is 52.1. The normalized spacial score (nSPS) is 15.8. The molecule has 0 radical (unpaired) electrons. The van der Waals surface area contributed by atoms with Crippen LogP contribution in [0.25, 0.3) is 0 Å². The predicted molar refractivity (Wildman–Crippen MR) is 406 cm³/mol. The number of aliphatic imine (C=N–C) groups is 1. The third-order valence-corrected chi connectivity index (χ3v) is 21.2. The number of benzene rings is 3. The number of nitrogens with one attached hydrogen (secondary N) is 3. The first-order valence-corrected chi connectivity index (χ1v) is 41.7. The van der Waals surface area contributed by atoms with E-state index in [9.17, 15) is 82.7 Å². The topological polar surface area (TPSA) is 547 Å². The third-order valence-electron chi connectivity index (χ3n) is 18.7. The van der Waals surface area contributed by atoms with Crippen LogP contribution in [0.3, 0.4) is 0 Å². The average Bonchev–Trinajstić information content (AvgIpc) is 1.60. The third kappa shape index (κ3) is 32.7. The lowest BCUT2D eigenvalue weighted by Gasteiger charge is -2.27. The fourth-order valence-corrected chi connectivity index (χ4v) is 14.9. The highest BCUT2D eigenvalue weighted by Gasteiger charge is 2.45. The quantitative estimate of drug-likeness (QED) is 0.00877. The number of fused-ring (bicyclic) bond motifs is 2. The number of carbonyl (C=O) groups is 7. The molecule has 0 unspecified atom stereocenters. The van der Waals surface area contributed by atoms with Crippen LogP contribution in [0.1, 0.15) is 186 Å². The van der Waals surface area contributed by atoms with E-state index >= 15 is 0 Å². The summed E-state index contributed by atoms with van der Waals surface area (Å²) in [5, 5.41) is 36.4. The second-order valence-corrected chi connectivity index (χ2v) is 32.8. The molecule has 1 aliphatic carbocycles. The summed E-state index contributed by atoms with van der Waals surface area (Å²) in [7, 11) is -16.4. The summed E-state index contributed by atoms with van der Waals surface area (Å²) in [6, 6.07) is 15.9. The number of hydrogen-bond donors (Lipinski definition) is 10. The maximum Gasteiger partial charge on any atom is 0.425 e. The van der Waals surface area contributed by atoms with Crippen LogP contribution in [0.5, 0.6) is 5.75 Å². The molecule has 3 aliphatic rings. The molecule has 3 amide bonds. The summed E-state index contributed by atoms with van der Waals surface area (Å²) >= 11 is 0. The van der Waals surface area contributed by atoms with Gasteiger partial charge in [0.05, 0.1) is 38.1 Å². The molecule has 2 aliphatic heterocycles. The zero-order chi connectivity index (χ0) is 82.9. The van der Waals surface area contributed by atoms with E-state index in [0.717, 1.165) is 41.0 Å². The number of urea groups is 1. The van der Waals surface area contributed by atoms with Crippen molar-refractivity contribution in [3.8, 4) is 5.75 Å². The first-order valence-electron chi connectivity index (χ1n) is 36.1. The first kappa shape index (κ1) is 93.8. The van der Waals surface area contributed by atoms with E-state index in [0.29, 0.717) is 105 Å². The Balaban J connectivity index is 0.00000356. The van der Waals surface area contributed by atoms with Crippen LogP contribution in [-0.4, -0.2) is 180 Å². The molecule has 0 bridgehead atoms. The number of nitrogens with two attached hydrogens (primary N) is 2. The summed E-state index contributed by atoms with van der Waals surface area (Å²) in [6.45, 7) is 8.88. The number of para-hydroxylation sites is 1. The van der Waals surface area contributed by atoms with Gasteiger partial charge in [-0.1, -0.05) is 75.9 Å². The number of ether oxygens (including phenoxy) is 1. The second kappa shape index (κ2) is 45.0. The highest BCUT2D eigenvalue weighted by molar-refractivity contribution is 7.86. The lowest BCUT2D eigenvalue weighted by molar-refractivity contribution is -0.438. The molecule has 12 N–H and O–H groups in total. The zero-order valence-electron chi connectivity index (χ0n) is 62.4. The molecule has 0 saturated heterocycles. The van der Waals surface area contributed by atoms with Crippen LogP contribution in [0.4, 0.5) is 16.2 Å².